The second-order valence-electron chi connectivity index (χ2n) is 6.86. The molecule has 0 spiro atoms. The van der Waals surface area contributed by atoms with Crippen molar-refractivity contribution in [2.75, 3.05) is 45.9 Å². The van der Waals surface area contributed by atoms with Gasteiger partial charge in [-0.3, -0.25) is 9.97 Å². The van der Waals surface area contributed by atoms with E-state index in [9.17, 15) is 35.5 Å². The van der Waals surface area contributed by atoms with Gasteiger partial charge in [0.2, 0.25) is 23.8 Å². The van der Waals surface area contributed by atoms with Crippen LogP contribution in [0.15, 0.2) is 33.9 Å². The average molecular weight is 588 g/mol. The number of benzene rings is 1. The first-order valence-electron chi connectivity index (χ1n) is 9.80. The molecule has 0 radical (unpaired) electrons. The van der Waals surface area contributed by atoms with Crippen LogP contribution in [0.2, 0.25) is 0 Å². The number of anilines is 6. The molecule has 0 bridgehead atoms. The predicted octanol–water partition coefficient (Wildman–Crippen LogP) is -7.95. The smallest absolute Gasteiger partial charge is 0.748 e. The van der Waals surface area contributed by atoms with E-state index in [1.165, 1.54) is 0 Å². The average Bonchev–Trinajstić information content (AvgIpc) is 2.71. The summed E-state index contributed by atoms with van der Waals surface area (Å²) in [5.41, 5.74) is -0.758. The van der Waals surface area contributed by atoms with Crippen molar-refractivity contribution < 1.29 is 85.1 Å². The van der Waals surface area contributed by atoms with Crippen LogP contribution in [0.3, 0.4) is 0 Å². The Morgan fingerprint density at radius 1 is 0.711 bits per heavy atom. The Morgan fingerprint density at radius 2 is 1.11 bits per heavy atom. The van der Waals surface area contributed by atoms with E-state index in [0.29, 0.717) is 11.4 Å². The normalized spacial score (nSPS) is 11.0. The van der Waals surface area contributed by atoms with Crippen molar-refractivity contribution in [3.8, 4) is 0 Å². The second-order valence-corrected chi connectivity index (χ2v) is 9.91. The quantitative estimate of drug-likeness (QED) is 0.0846. The molecule has 38 heavy (non-hydrogen) atoms. The van der Waals surface area contributed by atoms with Crippen molar-refractivity contribution in [2.45, 2.75) is 0 Å². The summed E-state index contributed by atoms with van der Waals surface area (Å²) >= 11 is 0. The summed E-state index contributed by atoms with van der Waals surface area (Å²) in [5.74, 6) is -1.95. The number of nitrogens with one attached hydrogen (secondary N) is 6. The molecule has 0 atom stereocenters. The van der Waals surface area contributed by atoms with Gasteiger partial charge < -0.3 is 30.4 Å². The van der Waals surface area contributed by atoms with Crippen LogP contribution in [0.25, 0.3) is 0 Å². The van der Waals surface area contributed by atoms with E-state index >= 15 is 0 Å². The number of H-pyrrole nitrogens is 2. The molecule has 22 heteroatoms. The molecule has 3 aromatic rings. The van der Waals surface area contributed by atoms with Crippen LogP contribution >= 0.6 is 0 Å². The fourth-order valence-electron chi connectivity index (χ4n) is 2.57. The van der Waals surface area contributed by atoms with Crippen LogP contribution < -0.4 is 91.8 Å². The fourth-order valence-corrected chi connectivity index (χ4v) is 3.27. The molecule has 0 amide bonds. The molecule has 18 nitrogen and oxygen atoms in total. The molecule has 0 aliphatic heterocycles. The van der Waals surface area contributed by atoms with Gasteiger partial charge in [0, 0.05) is 24.5 Å². The van der Waals surface area contributed by atoms with Crippen LogP contribution in [0.4, 0.5) is 35.2 Å². The van der Waals surface area contributed by atoms with Crippen molar-refractivity contribution in [1.29, 1.82) is 0 Å². The number of hydrogen-bond donors (Lipinski definition) is 6. The molecule has 0 saturated heterocycles. The minimum absolute atomic E-state index is 0. The van der Waals surface area contributed by atoms with Gasteiger partial charge in [-0.2, -0.15) is 19.9 Å². The third-order valence-corrected chi connectivity index (χ3v) is 5.37. The van der Waals surface area contributed by atoms with Crippen molar-refractivity contribution in [3.63, 3.8) is 0 Å². The Bertz CT molecular complexity index is 1450. The third-order valence-electron chi connectivity index (χ3n) is 3.96. The maximum absolute atomic E-state index is 11.8. The van der Waals surface area contributed by atoms with Gasteiger partial charge in [-0.15, -0.1) is 0 Å². The van der Waals surface area contributed by atoms with Gasteiger partial charge >= 0.3 is 70.5 Å². The SMILES string of the molecule is O=c1nc(NCCS(=O)(=O)[O-])nc(Nc2cccc(Nc3nc(NCCS(=O)(=O)[O-])nc(=O)[nH]3)c2)[nH]1.[Na+].[Na+]. The van der Waals surface area contributed by atoms with Crippen molar-refractivity contribution in [2.24, 2.45) is 0 Å². The van der Waals surface area contributed by atoms with E-state index in [1.54, 1.807) is 24.3 Å². The second kappa shape index (κ2) is 14.9. The minimum Gasteiger partial charge on any atom is -0.748 e. The van der Waals surface area contributed by atoms with E-state index in [4.69, 9.17) is 0 Å². The van der Waals surface area contributed by atoms with Crippen LogP contribution in [0.5, 0.6) is 0 Å². The standard InChI is InChI=1S/C16H20N10O8S2.2Na/c27-15-23-11(17-4-6-35(29,30)31)21-13(25-15)19-9-2-1-3-10(8-9)20-14-22-12(24-16(28)26-14)18-5-7-36(32,33)34;;/h1-3,8H,4-7H2,(H,29,30,31)(H,32,33,34)(H3,17,19,21,23,25,27)(H3,18,20,22,24,26,28);;/q;2*+1/p-2. The first kappa shape index (κ1) is 33.9. The third kappa shape index (κ3) is 12.6. The van der Waals surface area contributed by atoms with E-state index in [1.807, 2.05) is 0 Å². The Morgan fingerprint density at radius 3 is 1.47 bits per heavy atom. The van der Waals surface area contributed by atoms with Gasteiger partial charge in [-0.25, -0.2) is 26.4 Å². The van der Waals surface area contributed by atoms with Crippen molar-refractivity contribution in [3.05, 3.63) is 45.2 Å². The van der Waals surface area contributed by atoms with Crippen molar-refractivity contribution in [1.82, 2.24) is 29.9 Å². The van der Waals surface area contributed by atoms with E-state index < -0.39 is 43.1 Å². The zero-order valence-corrected chi connectivity index (χ0v) is 25.6. The molecule has 0 aliphatic rings. The summed E-state index contributed by atoms with van der Waals surface area (Å²) < 4.78 is 64.2. The molecule has 6 N–H and O–H groups in total. The van der Waals surface area contributed by atoms with Gasteiger partial charge in [0.25, 0.3) is 0 Å². The number of nitrogens with zero attached hydrogens (tertiary/aromatic N) is 4. The molecule has 2 aromatic heterocycles. The zero-order valence-electron chi connectivity index (χ0n) is 20.0. The largest absolute Gasteiger partial charge is 1.00 e. The molecule has 0 saturated carbocycles. The summed E-state index contributed by atoms with van der Waals surface area (Å²) in [5, 5.41) is 10.6. The molecule has 194 valence electrons. The van der Waals surface area contributed by atoms with Crippen molar-refractivity contribution >= 4 is 55.4 Å². The molecule has 3 rings (SSSR count). The fraction of sp³-hybridized carbons (Fsp3) is 0.250. The van der Waals surface area contributed by atoms with Gasteiger partial charge in [0.05, 0.1) is 31.7 Å². The maximum atomic E-state index is 11.8. The Balaban J connectivity index is 0.00000361. The molecule has 2 heterocycles. The number of hydrogen-bond acceptors (Lipinski definition) is 16. The maximum Gasteiger partial charge on any atom is 1.00 e. The summed E-state index contributed by atoms with van der Waals surface area (Å²) in [6.45, 7) is -0.594. The summed E-state index contributed by atoms with van der Waals surface area (Å²) in [6.07, 6.45) is 0. The Labute approximate surface area is 259 Å². The molecule has 0 aliphatic carbocycles. The Kier molecular flexibility index (Phi) is 13.3. The predicted molar refractivity (Wildman–Crippen MR) is 124 cm³/mol. The summed E-state index contributed by atoms with van der Waals surface area (Å²) in [7, 11) is -8.92. The van der Waals surface area contributed by atoms with E-state index in [-0.39, 0.29) is 96.0 Å². The van der Waals surface area contributed by atoms with Crippen LogP contribution in [-0.2, 0) is 20.2 Å². The molecule has 1 aromatic carbocycles. The van der Waals surface area contributed by atoms with Crippen LogP contribution in [-0.4, -0.2) is 80.4 Å². The van der Waals surface area contributed by atoms with Gasteiger partial charge in [0.1, 0.15) is 0 Å². The number of aromatic amines is 2. The van der Waals surface area contributed by atoms with Gasteiger partial charge in [0.15, 0.2) is 0 Å². The van der Waals surface area contributed by atoms with Gasteiger partial charge in [-0.05, 0) is 18.2 Å². The zero-order chi connectivity index (χ0) is 26.3. The number of rotatable bonds is 12. The Hall–Kier alpha value is -2.14. The molecule has 0 unspecified atom stereocenters. The first-order valence-corrected chi connectivity index (χ1v) is 13.0. The van der Waals surface area contributed by atoms with Crippen LogP contribution in [0, 0.1) is 0 Å². The first-order chi connectivity index (χ1) is 16.8. The minimum atomic E-state index is -4.46. The van der Waals surface area contributed by atoms with Crippen LogP contribution in [0.1, 0.15) is 0 Å². The van der Waals surface area contributed by atoms with E-state index in [0.717, 1.165) is 0 Å². The topological polar surface area (TPSA) is 280 Å². The van der Waals surface area contributed by atoms with Gasteiger partial charge in [-0.1, -0.05) is 6.07 Å². The van der Waals surface area contributed by atoms with E-state index in [2.05, 4.69) is 51.2 Å². The number of aromatic nitrogens is 6. The molecular weight excluding hydrogens is 570 g/mol. The summed E-state index contributed by atoms with van der Waals surface area (Å²) in [6, 6.07) is 6.39. The molecule has 0 fully saturated rings. The summed E-state index contributed by atoms with van der Waals surface area (Å²) in [4.78, 5) is 43.3. The molecular formula is C16H18N10Na2O8S2. The monoisotopic (exact) mass is 588 g/mol.